The molecule has 0 heterocycles. The maximum absolute atomic E-state index is 13.4. The van der Waals surface area contributed by atoms with Gasteiger partial charge in [-0.15, -0.1) is 0 Å². The summed E-state index contributed by atoms with van der Waals surface area (Å²) in [6.45, 7) is 0.252. The largest absolute Gasteiger partial charge is 0.480 e. The van der Waals surface area contributed by atoms with Crippen molar-refractivity contribution >= 4 is 12.0 Å². The fourth-order valence-electron chi connectivity index (χ4n) is 2.64. The van der Waals surface area contributed by atoms with E-state index in [-0.39, 0.29) is 12.4 Å². The van der Waals surface area contributed by atoms with Gasteiger partial charge in [0.15, 0.2) is 0 Å². The molecule has 1 fully saturated rings. The Morgan fingerprint density at radius 3 is 2.52 bits per heavy atom. The van der Waals surface area contributed by atoms with Crippen LogP contribution in [0, 0.1) is 5.82 Å². The summed E-state index contributed by atoms with van der Waals surface area (Å²) in [5, 5.41) is 14.4. The number of amides is 2. The van der Waals surface area contributed by atoms with E-state index in [0.29, 0.717) is 24.8 Å². The van der Waals surface area contributed by atoms with Gasteiger partial charge in [-0.05, 0) is 30.9 Å². The van der Waals surface area contributed by atoms with Crippen LogP contribution in [0.3, 0.4) is 0 Å². The van der Waals surface area contributed by atoms with Crippen molar-refractivity contribution in [2.24, 2.45) is 0 Å². The smallest absolute Gasteiger partial charge is 0.329 e. The van der Waals surface area contributed by atoms with Crippen LogP contribution in [0.1, 0.15) is 31.2 Å². The van der Waals surface area contributed by atoms with Gasteiger partial charge < -0.3 is 15.7 Å². The van der Waals surface area contributed by atoms with Crippen molar-refractivity contribution in [3.63, 3.8) is 0 Å². The van der Waals surface area contributed by atoms with Crippen LogP contribution in [0.5, 0.6) is 0 Å². The van der Waals surface area contributed by atoms with Crippen LogP contribution in [0.25, 0.3) is 0 Å². The summed E-state index contributed by atoms with van der Waals surface area (Å²) in [6.07, 6.45) is 2.84. The monoisotopic (exact) mass is 294 g/mol. The number of halogens is 1. The molecule has 0 radical (unpaired) electrons. The molecule has 0 aromatic heterocycles. The summed E-state index contributed by atoms with van der Waals surface area (Å²) in [5.41, 5.74) is -0.631. The average molecular weight is 294 g/mol. The first-order valence-corrected chi connectivity index (χ1v) is 7.06. The molecule has 1 aliphatic carbocycles. The van der Waals surface area contributed by atoms with Crippen LogP contribution in [0.2, 0.25) is 0 Å². The summed E-state index contributed by atoms with van der Waals surface area (Å²) in [6, 6.07) is 5.85. The van der Waals surface area contributed by atoms with Crippen LogP contribution < -0.4 is 10.6 Å². The van der Waals surface area contributed by atoms with Crippen molar-refractivity contribution < 1.29 is 19.1 Å². The van der Waals surface area contributed by atoms with Gasteiger partial charge in [0.05, 0.1) is 0 Å². The van der Waals surface area contributed by atoms with Crippen molar-refractivity contribution in [2.75, 3.05) is 6.54 Å². The number of aliphatic carboxylic acids is 1. The molecule has 1 saturated carbocycles. The maximum atomic E-state index is 13.4. The Hall–Kier alpha value is -2.11. The second-order valence-electron chi connectivity index (χ2n) is 5.32. The van der Waals surface area contributed by atoms with E-state index < -0.39 is 17.5 Å². The molecule has 1 aliphatic rings. The fourth-order valence-corrected chi connectivity index (χ4v) is 2.64. The van der Waals surface area contributed by atoms with E-state index in [1.807, 2.05) is 0 Å². The summed E-state index contributed by atoms with van der Waals surface area (Å²) >= 11 is 0. The van der Waals surface area contributed by atoms with Crippen LogP contribution >= 0.6 is 0 Å². The molecule has 2 rings (SSSR count). The zero-order valence-corrected chi connectivity index (χ0v) is 11.7. The first-order valence-electron chi connectivity index (χ1n) is 7.06. The third-order valence-electron chi connectivity index (χ3n) is 3.86. The number of benzene rings is 1. The Morgan fingerprint density at radius 2 is 1.90 bits per heavy atom. The van der Waals surface area contributed by atoms with Crippen LogP contribution in [0.15, 0.2) is 24.3 Å². The molecular formula is C15H19FN2O3. The minimum Gasteiger partial charge on any atom is -0.480 e. The van der Waals surface area contributed by atoms with E-state index in [1.165, 1.54) is 6.07 Å². The highest BCUT2D eigenvalue weighted by molar-refractivity contribution is 5.86. The average Bonchev–Trinajstić information content (AvgIpc) is 2.91. The second kappa shape index (κ2) is 6.56. The highest BCUT2D eigenvalue weighted by Crippen LogP contribution is 2.29. The van der Waals surface area contributed by atoms with E-state index in [4.69, 9.17) is 0 Å². The van der Waals surface area contributed by atoms with Crippen molar-refractivity contribution in [2.45, 2.75) is 37.6 Å². The maximum Gasteiger partial charge on any atom is 0.329 e. The molecule has 0 aliphatic heterocycles. The predicted molar refractivity (Wildman–Crippen MR) is 75.5 cm³/mol. The summed E-state index contributed by atoms with van der Waals surface area (Å²) in [7, 11) is 0. The molecule has 21 heavy (non-hydrogen) atoms. The molecular weight excluding hydrogens is 275 g/mol. The number of urea groups is 1. The molecule has 0 atom stereocenters. The van der Waals surface area contributed by atoms with Crippen molar-refractivity contribution in [3.05, 3.63) is 35.6 Å². The van der Waals surface area contributed by atoms with E-state index in [0.717, 1.165) is 12.8 Å². The predicted octanol–water partition coefficient (Wildman–Crippen LogP) is 2.06. The first kappa shape index (κ1) is 15.3. The first-order chi connectivity index (χ1) is 10.0. The molecule has 2 amide bonds. The van der Waals surface area contributed by atoms with E-state index in [2.05, 4.69) is 10.6 Å². The lowest BCUT2D eigenvalue weighted by Crippen LogP contribution is -2.55. The molecule has 0 saturated heterocycles. The third-order valence-corrected chi connectivity index (χ3v) is 3.86. The normalized spacial score (nSPS) is 16.4. The molecule has 0 spiro atoms. The van der Waals surface area contributed by atoms with Gasteiger partial charge in [0.1, 0.15) is 11.4 Å². The number of carboxylic acids is 1. The quantitative estimate of drug-likeness (QED) is 0.778. The van der Waals surface area contributed by atoms with Gasteiger partial charge in [-0.3, -0.25) is 0 Å². The number of carbonyl (C=O) groups is 2. The molecule has 6 heteroatoms. The number of carbonyl (C=O) groups excluding carboxylic acids is 1. The molecule has 1 aromatic rings. The summed E-state index contributed by atoms with van der Waals surface area (Å²) in [5.74, 6) is -1.30. The van der Waals surface area contributed by atoms with Crippen molar-refractivity contribution in [1.29, 1.82) is 0 Å². The SMILES string of the molecule is O=C(NCCc1ccccc1F)NC1(C(=O)O)CCCC1. The number of nitrogens with one attached hydrogen (secondary N) is 2. The summed E-state index contributed by atoms with van der Waals surface area (Å²) in [4.78, 5) is 23.1. The highest BCUT2D eigenvalue weighted by Gasteiger charge is 2.42. The number of carboxylic acid groups (broad SMARTS) is 1. The Balaban J connectivity index is 1.82. The van der Waals surface area contributed by atoms with Gasteiger partial charge in [0, 0.05) is 6.54 Å². The lowest BCUT2D eigenvalue weighted by Gasteiger charge is -2.25. The highest BCUT2D eigenvalue weighted by atomic mass is 19.1. The number of hydrogen-bond donors (Lipinski definition) is 3. The topological polar surface area (TPSA) is 78.4 Å². The molecule has 3 N–H and O–H groups in total. The van der Waals surface area contributed by atoms with Crippen LogP contribution in [0.4, 0.5) is 9.18 Å². The van der Waals surface area contributed by atoms with Gasteiger partial charge in [-0.25, -0.2) is 14.0 Å². The zero-order chi connectivity index (χ0) is 15.3. The second-order valence-corrected chi connectivity index (χ2v) is 5.32. The minimum atomic E-state index is -1.15. The Morgan fingerprint density at radius 1 is 1.24 bits per heavy atom. The van der Waals surface area contributed by atoms with E-state index in [9.17, 15) is 19.1 Å². The zero-order valence-electron chi connectivity index (χ0n) is 11.7. The van der Waals surface area contributed by atoms with Gasteiger partial charge >= 0.3 is 12.0 Å². The summed E-state index contributed by atoms with van der Waals surface area (Å²) < 4.78 is 13.4. The number of rotatable bonds is 5. The Labute approximate surface area is 122 Å². The van der Waals surface area contributed by atoms with Crippen LogP contribution in [-0.2, 0) is 11.2 Å². The minimum absolute atomic E-state index is 0.252. The molecule has 5 nitrogen and oxygen atoms in total. The third kappa shape index (κ3) is 3.71. The van der Waals surface area contributed by atoms with Gasteiger partial charge in [0.25, 0.3) is 0 Å². The molecule has 0 bridgehead atoms. The molecule has 114 valence electrons. The molecule has 1 aromatic carbocycles. The van der Waals surface area contributed by atoms with E-state index >= 15 is 0 Å². The van der Waals surface area contributed by atoms with Crippen molar-refractivity contribution in [3.8, 4) is 0 Å². The van der Waals surface area contributed by atoms with E-state index in [1.54, 1.807) is 18.2 Å². The fraction of sp³-hybridized carbons (Fsp3) is 0.467. The number of hydrogen-bond acceptors (Lipinski definition) is 2. The van der Waals surface area contributed by atoms with Crippen molar-refractivity contribution in [1.82, 2.24) is 10.6 Å². The standard InChI is InChI=1S/C15H19FN2O3/c16-12-6-2-1-5-11(12)7-10-17-14(21)18-15(13(19)20)8-3-4-9-15/h1-2,5-6H,3-4,7-10H2,(H,19,20)(H2,17,18,21). The lowest BCUT2D eigenvalue weighted by atomic mass is 9.98. The Bertz CT molecular complexity index is 527. The molecule has 0 unspecified atom stereocenters. The lowest BCUT2D eigenvalue weighted by molar-refractivity contribution is -0.144. The Kier molecular flexibility index (Phi) is 4.77. The van der Waals surface area contributed by atoms with Gasteiger partial charge in [-0.2, -0.15) is 0 Å². The van der Waals surface area contributed by atoms with Gasteiger partial charge in [-0.1, -0.05) is 31.0 Å². The van der Waals surface area contributed by atoms with Crippen LogP contribution in [-0.4, -0.2) is 29.2 Å². The van der Waals surface area contributed by atoms with Gasteiger partial charge in [0.2, 0.25) is 0 Å².